The van der Waals surface area contributed by atoms with E-state index in [9.17, 15) is 26.4 Å². The summed E-state index contributed by atoms with van der Waals surface area (Å²) < 4.78 is 65.3. The number of amides is 1. The molecule has 0 aliphatic carbocycles. The number of nitrogens with zero attached hydrogens (tertiary/aromatic N) is 3. The van der Waals surface area contributed by atoms with E-state index in [1.807, 2.05) is 0 Å². The number of anilines is 5. The molecule has 2 aromatic carbocycles. The first kappa shape index (κ1) is 25.9. The minimum atomic E-state index is -4.99. The van der Waals surface area contributed by atoms with Crippen LogP contribution in [-0.2, 0) is 14.8 Å². The number of alkyl halides is 3. The van der Waals surface area contributed by atoms with Crippen molar-refractivity contribution in [1.82, 2.24) is 14.7 Å². The van der Waals surface area contributed by atoms with Gasteiger partial charge in [-0.1, -0.05) is 19.1 Å². The van der Waals surface area contributed by atoms with Gasteiger partial charge in [-0.05, 0) is 49.9 Å². The van der Waals surface area contributed by atoms with Gasteiger partial charge in [-0.2, -0.15) is 13.2 Å². The molecule has 0 unspecified atom stereocenters. The monoisotopic (exact) mass is 508 g/mol. The minimum absolute atomic E-state index is 0.0688. The first-order chi connectivity index (χ1) is 16.5. The second-order valence-electron chi connectivity index (χ2n) is 7.28. The normalized spacial score (nSPS) is 11.7. The Kier molecular flexibility index (Phi) is 7.92. The Bertz CT molecular complexity index is 1300. The summed E-state index contributed by atoms with van der Waals surface area (Å²) >= 11 is 0. The summed E-state index contributed by atoms with van der Waals surface area (Å²) in [6.45, 7) is 1.59. The molecule has 1 heterocycles. The molecule has 3 aromatic rings. The fourth-order valence-corrected chi connectivity index (χ4v) is 3.90. The highest BCUT2D eigenvalue weighted by Gasteiger charge is 2.42. The van der Waals surface area contributed by atoms with Crippen molar-refractivity contribution in [2.24, 2.45) is 0 Å². The van der Waals surface area contributed by atoms with Crippen molar-refractivity contribution in [3.8, 4) is 0 Å². The van der Waals surface area contributed by atoms with Gasteiger partial charge in [0.05, 0.1) is 4.90 Å². The Labute approximate surface area is 200 Å². The quantitative estimate of drug-likeness (QED) is 0.397. The van der Waals surface area contributed by atoms with Crippen LogP contribution < -0.4 is 20.3 Å². The SMILES string of the molecule is CCCN(C(=O)C(F)(F)F)c1cccc(Nc2cc(Nc3cccc(S(=O)(=O)NC)c3)ncn2)c1. The van der Waals surface area contributed by atoms with Gasteiger partial charge in [0.2, 0.25) is 10.0 Å². The van der Waals surface area contributed by atoms with Gasteiger partial charge in [-0.15, -0.1) is 0 Å². The van der Waals surface area contributed by atoms with Crippen LogP contribution >= 0.6 is 0 Å². The first-order valence-corrected chi connectivity index (χ1v) is 11.9. The third kappa shape index (κ3) is 6.67. The molecule has 13 heteroatoms. The molecule has 0 saturated heterocycles. The van der Waals surface area contributed by atoms with E-state index >= 15 is 0 Å². The largest absolute Gasteiger partial charge is 0.471 e. The molecule has 0 radical (unpaired) electrons. The lowest BCUT2D eigenvalue weighted by molar-refractivity contribution is -0.170. The smallest absolute Gasteiger partial charge is 0.340 e. The van der Waals surface area contributed by atoms with Gasteiger partial charge >= 0.3 is 12.1 Å². The van der Waals surface area contributed by atoms with Crippen LogP contribution in [0.1, 0.15) is 13.3 Å². The van der Waals surface area contributed by atoms with Crippen molar-refractivity contribution in [3.63, 3.8) is 0 Å². The summed E-state index contributed by atoms with van der Waals surface area (Å²) in [5, 5.41) is 5.96. The van der Waals surface area contributed by atoms with Crippen LogP contribution in [0.2, 0.25) is 0 Å². The third-order valence-corrected chi connectivity index (χ3v) is 6.13. The van der Waals surface area contributed by atoms with E-state index in [0.717, 1.165) is 0 Å². The zero-order valence-electron chi connectivity index (χ0n) is 18.8. The molecule has 0 saturated carbocycles. The minimum Gasteiger partial charge on any atom is -0.340 e. The maximum absolute atomic E-state index is 13.0. The van der Waals surface area contributed by atoms with Crippen LogP contribution in [0, 0.1) is 0 Å². The van der Waals surface area contributed by atoms with E-state index < -0.39 is 22.1 Å². The Balaban J connectivity index is 1.81. The van der Waals surface area contributed by atoms with Gasteiger partial charge in [-0.3, -0.25) is 4.79 Å². The third-order valence-electron chi connectivity index (χ3n) is 4.72. The van der Waals surface area contributed by atoms with E-state index in [1.54, 1.807) is 25.1 Å². The zero-order chi connectivity index (χ0) is 25.6. The Hall–Kier alpha value is -3.71. The summed E-state index contributed by atoms with van der Waals surface area (Å²) in [4.78, 5) is 20.8. The summed E-state index contributed by atoms with van der Waals surface area (Å²) in [6.07, 6.45) is -3.38. The Morgan fingerprint density at radius 1 is 0.971 bits per heavy atom. The molecule has 3 N–H and O–H groups in total. The van der Waals surface area contributed by atoms with Crippen molar-refractivity contribution < 1.29 is 26.4 Å². The first-order valence-electron chi connectivity index (χ1n) is 10.4. The number of nitrogens with one attached hydrogen (secondary N) is 3. The number of benzene rings is 2. The molecule has 1 aromatic heterocycles. The van der Waals surface area contributed by atoms with Crippen molar-refractivity contribution in [3.05, 3.63) is 60.9 Å². The van der Waals surface area contributed by atoms with Crippen LogP contribution in [-0.4, -0.2) is 44.1 Å². The van der Waals surface area contributed by atoms with Crippen molar-refractivity contribution in [2.45, 2.75) is 24.4 Å². The molecule has 3 rings (SSSR count). The maximum atomic E-state index is 13.0. The lowest BCUT2D eigenvalue weighted by Gasteiger charge is -2.24. The average molecular weight is 509 g/mol. The molecule has 0 bridgehead atoms. The lowest BCUT2D eigenvalue weighted by atomic mass is 10.2. The van der Waals surface area contributed by atoms with Gasteiger partial charge in [0, 0.05) is 29.7 Å². The van der Waals surface area contributed by atoms with Crippen LogP contribution in [0.25, 0.3) is 0 Å². The summed E-state index contributed by atoms with van der Waals surface area (Å²) in [5.41, 5.74) is 0.966. The van der Waals surface area contributed by atoms with E-state index in [4.69, 9.17) is 0 Å². The topological polar surface area (TPSA) is 116 Å². The number of halogens is 3. The molecular weight excluding hydrogens is 485 g/mol. The molecule has 1 amide bonds. The fourth-order valence-electron chi connectivity index (χ4n) is 3.12. The number of hydrogen-bond acceptors (Lipinski definition) is 7. The number of rotatable bonds is 9. The number of sulfonamides is 1. The summed E-state index contributed by atoms with van der Waals surface area (Å²) in [5.74, 6) is -1.27. The molecule has 0 spiro atoms. The molecule has 186 valence electrons. The van der Waals surface area contributed by atoms with E-state index in [0.29, 0.717) is 34.3 Å². The molecule has 0 atom stereocenters. The molecule has 9 nitrogen and oxygen atoms in total. The second kappa shape index (κ2) is 10.7. The molecule has 0 aliphatic rings. The number of carbonyl (C=O) groups excluding carboxylic acids is 1. The highest BCUT2D eigenvalue weighted by atomic mass is 32.2. The summed E-state index contributed by atoms with van der Waals surface area (Å²) in [6, 6.07) is 13.6. The van der Waals surface area contributed by atoms with E-state index in [-0.39, 0.29) is 17.1 Å². The highest BCUT2D eigenvalue weighted by molar-refractivity contribution is 7.89. The van der Waals surface area contributed by atoms with E-state index in [1.165, 1.54) is 49.8 Å². The number of aromatic nitrogens is 2. The Morgan fingerprint density at radius 2 is 1.57 bits per heavy atom. The van der Waals surface area contributed by atoms with Gasteiger partial charge in [0.15, 0.2) is 0 Å². The van der Waals surface area contributed by atoms with Crippen LogP contribution in [0.4, 0.5) is 41.9 Å². The fraction of sp³-hybridized carbons (Fsp3) is 0.227. The predicted octanol–water partition coefficient (Wildman–Crippen LogP) is 4.18. The van der Waals surface area contributed by atoms with Crippen molar-refractivity contribution in [1.29, 1.82) is 0 Å². The summed E-state index contributed by atoms with van der Waals surface area (Å²) in [7, 11) is -2.31. The van der Waals surface area contributed by atoms with Gasteiger partial charge in [0.25, 0.3) is 0 Å². The number of hydrogen-bond donors (Lipinski definition) is 3. The van der Waals surface area contributed by atoms with E-state index in [2.05, 4.69) is 25.3 Å². The van der Waals surface area contributed by atoms with Crippen LogP contribution in [0.3, 0.4) is 0 Å². The van der Waals surface area contributed by atoms with Gasteiger partial charge in [-0.25, -0.2) is 23.1 Å². The molecule has 35 heavy (non-hydrogen) atoms. The molecular formula is C22H23F3N6O3S. The number of carbonyl (C=O) groups is 1. The second-order valence-corrected chi connectivity index (χ2v) is 9.17. The standard InChI is InChI=1S/C22H23F3N6O3S/c1-3-10-31(21(32)22(23,24)25)17-8-4-6-15(11-17)29-19-13-20(28-14-27-19)30-16-7-5-9-18(12-16)35(33,34)26-2/h4-9,11-14,26H,3,10H2,1-2H3,(H2,27,28,29,30). The van der Waals surface area contributed by atoms with Gasteiger partial charge in [0.1, 0.15) is 18.0 Å². The van der Waals surface area contributed by atoms with Crippen molar-refractivity contribution >= 4 is 44.6 Å². The van der Waals surface area contributed by atoms with Crippen molar-refractivity contribution in [2.75, 3.05) is 29.1 Å². The van der Waals surface area contributed by atoms with Crippen LogP contribution in [0.5, 0.6) is 0 Å². The zero-order valence-corrected chi connectivity index (χ0v) is 19.6. The molecule has 0 fully saturated rings. The lowest BCUT2D eigenvalue weighted by Crippen LogP contribution is -2.41. The maximum Gasteiger partial charge on any atom is 0.471 e. The average Bonchev–Trinajstić information content (AvgIpc) is 2.82. The molecule has 0 aliphatic heterocycles. The highest BCUT2D eigenvalue weighted by Crippen LogP contribution is 2.28. The van der Waals surface area contributed by atoms with Crippen LogP contribution in [0.15, 0.2) is 65.8 Å². The Morgan fingerprint density at radius 3 is 2.14 bits per heavy atom. The van der Waals surface area contributed by atoms with Gasteiger partial charge < -0.3 is 15.5 Å². The predicted molar refractivity (Wildman–Crippen MR) is 126 cm³/mol.